The first kappa shape index (κ1) is 16.6. The van der Waals surface area contributed by atoms with Gasteiger partial charge >= 0.3 is 6.03 Å². The van der Waals surface area contributed by atoms with E-state index in [9.17, 15) is 4.79 Å². The molecule has 0 aliphatic rings. The number of amides is 2. The van der Waals surface area contributed by atoms with E-state index in [1.165, 1.54) is 0 Å². The predicted molar refractivity (Wildman–Crippen MR) is 87.7 cm³/mol. The molecular weight excluding hydrogens is 294 g/mol. The molecule has 1 heterocycles. The third kappa shape index (κ3) is 5.18. The highest BCUT2D eigenvalue weighted by atomic mass is 16.5. The summed E-state index contributed by atoms with van der Waals surface area (Å²) in [7, 11) is 3.21. The van der Waals surface area contributed by atoms with Crippen LogP contribution in [0.3, 0.4) is 0 Å². The topological polar surface area (TPSA) is 72.5 Å². The molecular formula is C17H21N3O3. The minimum atomic E-state index is -0.200. The molecule has 0 aliphatic heterocycles. The van der Waals surface area contributed by atoms with Crippen LogP contribution >= 0.6 is 0 Å². The number of hydrogen-bond acceptors (Lipinski definition) is 4. The van der Waals surface area contributed by atoms with Crippen LogP contribution in [-0.2, 0) is 13.0 Å². The zero-order valence-corrected chi connectivity index (χ0v) is 13.3. The van der Waals surface area contributed by atoms with Crippen LogP contribution < -0.4 is 20.1 Å². The molecule has 0 bridgehead atoms. The van der Waals surface area contributed by atoms with Gasteiger partial charge in [-0.25, -0.2) is 4.79 Å². The SMILES string of the molecule is COc1ccc(CCNC(=O)NCc2cccnc2)cc1OC. The summed E-state index contributed by atoms with van der Waals surface area (Å²) in [5.74, 6) is 1.38. The molecule has 23 heavy (non-hydrogen) atoms. The van der Waals surface area contributed by atoms with Gasteiger partial charge in [0.05, 0.1) is 14.2 Å². The molecule has 0 aliphatic carbocycles. The highest BCUT2D eigenvalue weighted by Crippen LogP contribution is 2.27. The molecule has 2 amide bonds. The average molecular weight is 315 g/mol. The smallest absolute Gasteiger partial charge is 0.315 e. The molecule has 6 heteroatoms. The minimum Gasteiger partial charge on any atom is -0.493 e. The van der Waals surface area contributed by atoms with E-state index in [2.05, 4.69) is 15.6 Å². The number of carbonyl (C=O) groups is 1. The van der Waals surface area contributed by atoms with Crippen LogP contribution in [0.25, 0.3) is 0 Å². The zero-order chi connectivity index (χ0) is 16.5. The fraction of sp³-hybridized carbons (Fsp3) is 0.294. The van der Waals surface area contributed by atoms with Crippen LogP contribution in [0, 0.1) is 0 Å². The number of hydrogen-bond donors (Lipinski definition) is 2. The third-order valence-corrected chi connectivity index (χ3v) is 3.32. The Morgan fingerprint density at radius 2 is 1.91 bits per heavy atom. The van der Waals surface area contributed by atoms with Gasteiger partial charge in [0, 0.05) is 25.5 Å². The minimum absolute atomic E-state index is 0.200. The molecule has 0 atom stereocenters. The first-order valence-electron chi connectivity index (χ1n) is 7.34. The van der Waals surface area contributed by atoms with E-state index in [0.717, 1.165) is 11.1 Å². The Bertz CT molecular complexity index is 632. The maximum Gasteiger partial charge on any atom is 0.315 e. The lowest BCUT2D eigenvalue weighted by molar-refractivity contribution is 0.240. The summed E-state index contributed by atoms with van der Waals surface area (Å²) in [5.41, 5.74) is 2.03. The fourth-order valence-corrected chi connectivity index (χ4v) is 2.10. The van der Waals surface area contributed by atoms with Crippen molar-refractivity contribution in [3.8, 4) is 11.5 Å². The molecule has 122 valence electrons. The summed E-state index contributed by atoms with van der Waals surface area (Å²) in [5, 5.41) is 5.62. The zero-order valence-electron chi connectivity index (χ0n) is 13.3. The van der Waals surface area contributed by atoms with Crippen molar-refractivity contribution in [3.63, 3.8) is 0 Å². The molecule has 2 N–H and O–H groups in total. The van der Waals surface area contributed by atoms with E-state index in [4.69, 9.17) is 9.47 Å². The number of rotatable bonds is 7. The van der Waals surface area contributed by atoms with Crippen molar-refractivity contribution in [2.75, 3.05) is 20.8 Å². The standard InChI is InChI=1S/C17H21N3O3/c1-22-15-6-5-13(10-16(15)23-2)7-9-19-17(21)20-12-14-4-3-8-18-11-14/h3-6,8,10-11H,7,9,12H2,1-2H3,(H2,19,20,21). The van der Waals surface area contributed by atoms with Crippen LogP contribution in [0.5, 0.6) is 11.5 Å². The molecule has 0 unspecified atom stereocenters. The number of nitrogens with one attached hydrogen (secondary N) is 2. The summed E-state index contributed by atoms with van der Waals surface area (Å²) in [6.07, 6.45) is 4.14. The predicted octanol–water partition coefficient (Wildman–Crippen LogP) is 2.14. The summed E-state index contributed by atoms with van der Waals surface area (Å²) in [4.78, 5) is 15.7. The Morgan fingerprint density at radius 1 is 1.09 bits per heavy atom. The van der Waals surface area contributed by atoms with Crippen molar-refractivity contribution in [2.24, 2.45) is 0 Å². The molecule has 0 fully saturated rings. The summed E-state index contributed by atoms with van der Waals surface area (Å²) < 4.78 is 10.5. The van der Waals surface area contributed by atoms with Gasteiger partial charge in [-0.05, 0) is 35.7 Å². The number of carbonyl (C=O) groups excluding carboxylic acids is 1. The summed E-state index contributed by atoms with van der Waals surface area (Å²) in [6, 6.07) is 9.28. The van der Waals surface area contributed by atoms with Crippen LogP contribution in [-0.4, -0.2) is 31.8 Å². The quantitative estimate of drug-likeness (QED) is 0.821. The lowest BCUT2D eigenvalue weighted by atomic mass is 10.1. The number of methoxy groups -OCH3 is 2. The Labute approximate surface area is 135 Å². The fourth-order valence-electron chi connectivity index (χ4n) is 2.10. The molecule has 0 saturated heterocycles. The van der Waals surface area contributed by atoms with Crippen LogP contribution in [0.15, 0.2) is 42.7 Å². The molecule has 6 nitrogen and oxygen atoms in total. The van der Waals surface area contributed by atoms with Crippen molar-refractivity contribution < 1.29 is 14.3 Å². The van der Waals surface area contributed by atoms with E-state index in [1.54, 1.807) is 26.6 Å². The summed E-state index contributed by atoms with van der Waals surface area (Å²) >= 11 is 0. The molecule has 0 saturated carbocycles. The first-order chi connectivity index (χ1) is 11.2. The van der Waals surface area contributed by atoms with Gasteiger partial charge in [-0.3, -0.25) is 4.98 Å². The van der Waals surface area contributed by atoms with E-state index in [1.807, 2.05) is 30.3 Å². The van der Waals surface area contributed by atoms with E-state index in [0.29, 0.717) is 31.0 Å². The number of ether oxygens (including phenoxy) is 2. The highest BCUT2D eigenvalue weighted by Gasteiger charge is 2.05. The maximum atomic E-state index is 11.7. The van der Waals surface area contributed by atoms with Gasteiger partial charge in [-0.15, -0.1) is 0 Å². The second-order valence-electron chi connectivity index (χ2n) is 4.91. The van der Waals surface area contributed by atoms with E-state index < -0.39 is 0 Å². The largest absolute Gasteiger partial charge is 0.493 e. The number of urea groups is 1. The van der Waals surface area contributed by atoms with Gasteiger partial charge in [0.1, 0.15) is 0 Å². The van der Waals surface area contributed by atoms with Crippen LogP contribution in [0.2, 0.25) is 0 Å². The lowest BCUT2D eigenvalue weighted by Crippen LogP contribution is -2.36. The molecule has 0 radical (unpaired) electrons. The van der Waals surface area contributed by atoms with Gasteiger partial charge < -0.3 is 20.1 Å². The maximum absolute atomic E-state index is 11.7. The highest BCUT2D eigenvalue weighted by molar-refractivity contribution is 5.73. The number of nitrogens with zero attached hydrogens (tertiary/aromatic N) is 1. The van der Waals surface area contributed by atoms with Crippen molar-refractivity contribution >= 4 is 6.03 Å². The normalized spacial score (nSPS) is 10.0. The molecule has 2 rings (SSSR count). The van der Waals surface area contributed by atoms with Crippen LogP contribution in [0.4, 0.5) is 4.79 Å². The molecule has 1 aromatic heterocycles. The van der Waals surface area contributed by atoms with Crippen molar-refractivity contribution in [3.05, 3.63) is 53.9 Å². The first-order valence-corrected chi connectivity index (χ1v) is 7.34. The van der Waals surface area contributed by atoms with Gasteiger partial charge in [-0.1, -0.05) is 12.1 Å². The molecule has 2 aromatic rings. The van der Waals surface area contributed by atoms with Crippen molar-refractivity contribution in [2.45, 2.75) is 13.0 Å². The molecule has 1 aromatic carbocycles. The Kier molecular flexibility index (Phi) is 6.23. The van der Waals surface area contributed by atoms with Crippen molar-refractivity contribution in [1.29, 1.82) is 0 Å². The second-order valence-corrected chi connectivity index (χ2v) is 4.91. The number of aromatic nitrogens is 1. The monoisotopic (exact) mass is 315 g/mol. The average Bonchev–Trinajstić information content (AvgIpc) is 2.60. The number of benzene rings is 1. The third-order valence-electron chi connectivity index (χ3n) is 3.32. The Hall–Kier alpha value is -2.76. The molecule has 0 spiro atoms. The van der Waals surface area contributed by atoms with Gasteiger partial charge in [0.2, 0.25) is 0 Å². The van der Waals surface area contributed by atoms with Gasteiger partial charge in [0.15, 0.2) is 11.5 Å². The van der Waals surface area contributed by atoms with Gasteiger partial charge in [0.25, 0.3) is 0 Å². The Balaban J connectivity index is 1.75. The summed E-state index contributed by atoms with van der Waals surface area (Å²) in [6.45, 7) is 0.990. The van der Waals surface area contributed by atoms with Crippen molar-refractivity contribution in [1.82, 2.24) is 15.6 Å². The number of pyridine rings is 1. The van der Waals surface area contributed by atoms with Gasteiger partial charge in [-0.2, -0.15) is 0 Å². The lowest BCUT2D eigenvalue weighted by Gasteiger charge is -2.10. The van der Waals surface area contributed by atoms with E-state index >= 15 is 0 Å². The Morgan fingerprint density at radius 3 is 2.61 bits per heavy atom. The van der Waals surface area contributed by atoms with Crippen LogP contribution in [0.1, 0.15) is 11.1 Å². The van der Waals surface area contributed by atoms with E-state index in [-0.39, 0.29) is 6.03 Å². The second kappa shape index (κ2) is 8.63.